The van der Waals surface area contributed by atoms with Crippen LogP contribution in [0.15, 0.2) is 78.7 Å². The van der Waals surface area contributed by atoms with Gasteiger partial charge >= 0.3 is 163 Å². The van der Waals surface area contributed by atoms with Gasteiger partial charge in [0.05, 0.1) is 0 Å². The number of fused-ring (bicyclic) bond motifs is 1. The molecule has 1 radical (unpaired) electrons. The Bertz CT molecular complexity index is 1670. The zero-order chi connectivity index (χ0) is 33.6. The van der Waals surface area contributed by atoms with Crippen LogP contribution in [0, 0.1) is 29.6 Å². The molecule has 6 heteroatoms. The molecule has 0 saturated carbocycles. The van der Waals surface area contributed by atoms with E-state index in [0.717, 1.165) is 47.9 Å². The molecule has 3 nitrogen and oxygen atoms in total. The number of pyridine rings is 1. The summed E-state index contributed by atoms with van der Waals surface area (Å²) in [6.07, 6.45) is 6.50. The third-order valence-corrected chi connectivity index (χ3v) is 14.1. The minimum absolute atomic E-state index is 0. The van der Waals surface area contributed by atoms with Crippen molar-refractivity contribution in [1.82, 2.24) is 4.98 Å². The van der Waals surface area contributed by atoms with E-state index in [9.17, 15) is 14.3 Å². The number of aryl methyl sites for hydroxylation is 1. The predicted molar refractivity (Wildman–Crippen MR) is 192 cm³/mol. The van der Waals surface area contributed by atoms with Crippen molar-refractivity contribution < 1.29 is 34.4 Å². The SMILES string of the molecule is CCC(C)(CC)C(=O)/C=C(\O)C(C)(CC)CC.Cc1cc(-c2cc(-c3cc[c]([Ge]([CH3])([CH3])[CH3])cc3F)ccn2)[c-]c2ccccc12.[Ir]. The quantitative estimate of drug-likeness (QED) is 0.0748. The van der Waals surface area contributed by atoms with E-state index >= 15 is 0 Å². The zero-order valence-corrected chi connectivity index (χ0v) is 33.8. The number of hydrogen-bond donors (Lipinski definition) is 1. The number of halogens is 1. The van der Waals surface area contributed by atoms with E-state index in [1.807, 2.05) is 71.9 Å². The number of rotatable bonds is 10. The van der Waals surface area contributed by atoms with Gasteiger partial charge in [-0.2, -0.15) is 0 Å². The van der Waals surface area contributed by atoms with Crippen LogP contribution in [0.25, 0.3) is 33.2 Å². The third-order valence-electron chi connectivity index (χ3n) is 9.77. The van der Waals surface area contributed by atoms with E-state index in [1.54, 1.807) is 12.3 Å². The molecule has 0 spiro atoms. The number of aromatic nitrogens is 1. The number of carbonyl (C=O) groups is 1. The first-order chi connectivity index (χ1) is 21.1. The van der Waals surface area contributed by atoms with Crippen molar-refractivity contribution in [2.45, 2.75) is 91.4 Å². The van der Waals surface area contributed by atoms with E-state index < -0.39 is 13.3 Å². The smallest absolute Gasteiger partial charge is 0 e. The van der Waals surface area contributed by atoms with Gasteiger partial charge in [0.25, 0.3) is 0 Å². The van der Waals surface area contributed by atoms with E-state index in [4.69, 9.17) is 0 Å². The Labute approximate surface area is 292 Å². The van der Waals surface area contributed by atoms with Crippen LogP contribution in [0.5, 0.6) is 0 Å². The van der Waals surface area contributed by atoms with Crippen molar-refractivity contribution in [3.05, 3.63) is 96.1 Å². The number of carbonyl (C=O) groups excluding carboxylic acids is 1. The summed E-state index contributed by atoms with van der Waals surface area (Å²) in [5.74, 6) is 6.95. The second kappa shape index (κ2) is 16.5. The number of aliphatic hydroxyl groups excluding tert-OH is 1. The summed E-state index contributed by atoms with van der Waals surface area (Å²) in [4.78, 5) is 16.7. The number of ketones is 1. The first-order valence-corrected chi connectivity index (χ1v) is 23.6. The molecule has 0 bridgehead atoms. The summed E-state index contributed by atoms with van der Waals surface area (Å²) in [5.41, 5.74) is 3.78. The first-order valence-electron chi connectivity index (χ1n) is 16.3. The maximum Gasteiger partial charge on any atom is 0 e. The van der Waals surface area contributed by atoms with Crippen molar-refractivity contribution >= 4 is 34.2 Å². The molecular weight excluding hydrogens is 810 g/mol. The molecule has 0 unspecified atom stereocenters. The summed E-state index contributed by atoms with van der Waals surface area (Å²) >= 11 is -2.05. The van der Waals surface area contributed by atoms with Gasteiger partial charge in [-0.25, -0.2) is 0 Å². The van der Waals surface area contributed by atoms with Gasteiger partial charge in [0.1, 0.15) is 5.76 Å². The van der Waals surface area contributed by atoms with Crippen LogP contribution in [0.1, 0.15) is 72.8 Å². The van der Waals surface area contributed by atoms with Crippen LogP contribution >= 0.6 is 0 Å². The Hall–Kier alpha value is -2.60. The summed E-state index contributed by atoms with van der Waals surface area (Å²) in [5, 5.41) is 12.4. The van der Waals surface area contributed by atoms with Crippen LogP contribution in [-0.4, -0.2) is 29.1 Å². The second-order valence-electron chi connectivity index (χ2n) is 13.7. The van der Waals surface area contributed by atoms with Crippen LogP contribution < -0.4 is 4.40 Å². The number of aliphatic hydroxyl groups is 1. The van der Waals surface area contributed by atoms with Crippen molar-refractivity contribution in [1.29, 1.82) is 0 Å². The van der Waals surface area contributed by atoms with Gasteiger partial charge in [0.2, 0.25) is 0 Å². The largest absolute Gasteiger partial charge is 0 e. The van der Waals surface area contributed by atoms with Gasteiger partial charge in [0.15, 0.2) is 5.78 Å². The molecular formula is C40H51FGeIrNO2-. The van der Waals surface area contributed by atoms with Crippen molar-refractivity contribution in [2.75, 3.05) is 0 Å². The Morgan fingerprint density at radius 1 is 0.913 bits per heavy atom. The normalized spacial score (nSPS) is 12.3. The van der Waals surface area contributed by atoms with Gasteiger partial charge in [-0.15, -0.1) is 0 Å². The Morgan fingerprint density at radius 3 is 2.09 bits per heavy atom. The molecule has 4 aromatic rings. The average molecular weight is 862 g/mol. The summed E-state index contributed by atoms with van der Waals surface area (Å²) in [7, 11) is 0. The van der Waals surface area contributed by atoms with Crippen LogP contribution in [-0.2, 0) is 24.9 Å². The topological polar surface area (TPSA) is 50.2 Å². The Morgan fingerprint density at radius 2 is 1.52 bits per heavy atom. The van der Waals surface area contributed by atoms with E-state index in [1.165, 1.54) is 21.4 Å². The molecule has 249 valence electrons. The van der Waals surface area contributed by atoms with E-state index in [0.29, 0.717) is 5.56 Å². The maximum atomic E-state index is 14.9. The number of benzene rings is 3. The molecule has 3 aromatic carbocycles. The van der Waals surface area contributed by atoms with Gasteiger partial charge in [-0.05, 0) is 25.7 Å². The van der Waals surface area contributed by atoms with Gasteiger partial charge in [0, 0.05) is 37.0 Å². The minimum Gasteiger partial charge on any atom is 0 e. The molecule has 0 atom stereocenters. The Balaban J connectivity index is 0.000000356. The molecule has 0 aliphatic carbocycles. The van der Waals surface area contributed by atoms with Gasteiger partial charge < -0.3 is 5.11 Å². The minimum atomic E-state index is -2.05. The standard InChI is InChI=1S/C25H23FGeN.C15H28O2.Ir/c1-17-13-20(14-18-7-5-6-8-22(17)18)25-15-19(11-12-28-25)23-10-9-21(16-24(23)26)27(2,3)4;1-7-14(5,8-2)12(16)11-13(17)15(6,9-3)10-4;/h5-13,15-16H,1-4H3;11,16H,7-10H2,1-6H3;/q-1;;/b;12-11-;. The summed E-state index contributed by atoms with van der Waals surface area (Å²) < 4.78 is 16.0. The molecule has 1 N–H and O–H groups in total. The fraction of sp³-hybridized carbons (Fsp3) is 0.400. The number of allylic oxidation sites excluding steroid dienone is 2. The molecule has 1 heterocycles. The molecule has 1 aromatic heterocycles. The summed E-state index contributed by atoms with van der Waals surface area (Å²) in [6, 6.07) is 23.3. The van der Waals surface area contributed by atoms with Crippen LogP contribution in [0.2, 0.25) is 17.3 Å². The predicted octanol–water partition coefficient (Wildman–Crippen LogP) is 11.0. The molecule has 46 heavy (non-hydrogen) atoms. The fourth-order valence-electron chi connectivity index (χ4n) is 5.19. The molecule has 0 aliphatic heterocycles. The van der Waals surface area contributed by atoms with Crippen LogP contribution in [0.4, 0.5) is 4.39 Å². The van der Waals surface area contributed by atoms with Crippen molar-refractivity contribution in [2.24, 2.45) is 10.8 Å². The number of nitrogens with zero attached hydrogens (tertiary/aromatic N) is 1. The van der Waals surface area contributed by atoms with Gasteiger partial charge in [-0.1, -0.05) is 47.6 Å². The third kappa shape index (κ3) is 9.27. The first kappa shape index (κ1) is 39.6. The fourth-order valence-corrected chi connectivity index (χ4v) is 7.59. The van der Waals surface area contributed by atoms with Crippen molar-refractivity contribution in [3.63, 3.8) is 0 Å². The zero-order valence-electron chi connectivity index (χ0n) is 29.3. The van der Waals surface area contributed by atoms with E-state index in [-0.39, 0.29) is 48.3 Å². The maximum absolute atomic E-state index is 14.9. The average Bonchev–Trinajstić information content (AvgIpc) is 3.03. The van der Waals surface area contributed by atoms with Gasteiger partial charge in [-0.3, -0.25) is 4.79 Å². The molecule has 0 fully saturated rings. The van der Waals surface area contributed by atoms with Crippen molar-refractivity contribution in [3.8, 4) is 22.4 Å². The number of hydrogen-bond acceptors (Lipinski definition) is 3. The Kier molecular flexibility index (Phi) is 14.2. The molecule has 0 saturated heterocycles. The molecule has 0 aliphatic rings. The van der Waals surface area contributed by atoms with E-state index in [2.05, 4.69) is 59.5 Å². The molecule has 4 rings (SSSR count). The molecule has 0 amide bonds. The monoisotopic (exact) mass is 863 g/mol. The van der Waals surface area contributed by atoms with Crippen LogP contribution in [0.3, 0.4) is 0 Å². The second-order valence-corrected chi connectivity index (χ2v) is 24.4. The summed E-state index contributed by atoms with van der Waals surface area (Å²) in [6.45, 7) is 14.2.